The fourth-order valence-corrected chi connectivity index (χ4v) is 2.16. The van der Waals surface area contributed by atoms with Crippen LogP contribution in [0.4, 0.5) is 10.5 Å². The minimum atomic E-state index is -0.313. The van der Waals surface area contributed by atoms with E-state index in [9.17, 15) is 14.7 Å². The van der Waals surface area contributed by atoms with Crippen LogP contribution in [0.1, 0.15) is 15.9 Å². The lowest BCUT2D eigenvalue weighted by Crippen LogP contribution is -2.30. The number of anilines is 1. The molecule has 0 aromatic heterocycles. The Labute approximate surface area is 146 Å². The molecule has 3 N–H and O–H groups in total. The van der Waals surface area contributed by atoms with Gasteiger partial charge in [-0.15, -0.1) is 6.58 Å². The van der Waals surface area contributed by atoms with Crippen LogP contribution in [-0.2, 0) is 6.54 Å². The molecule has 0 radical (unpaired) electrons. The molecule has 130 valence electrons. The highest BCUT2D eigenvalue weighted by Crippen LogP contribution is 2.18. The van der Waals surface area contributed by atoms with E-state index in [1.807, 2.05) is 0 Å². The van der Waals surface area contributed by atoms with Crippen molar-refractivity contribution >= 4 is 17.6 Å². The molecule has 0 aliphatic carbocycles. The Morgan fingerprint density at radius 2 is 1.84 bits per heavy atom. The number of hydrogen-bond donors (Lipinski definition) is 3. The minimum absolute atomic E-state index is 0.150. The highest BCUT2D eigenvalue weighted by molar-refractivity contribution is 5.95. The van der Waals surface area contributed by atoms with E-state index in [1.165, 1.54) is 4.90 Å². The third-order valence-corrected chi connectivity index (χ3v) is 3.55. The topological polar surface area (TPSA) is 81.7 Å². The SMILES string of the molecule is C=CCNC(=O)c1ccc(NC(=O)N(C)Cc2ccccc2O)cc1. The third-order valence-electron chi connectivity index (χ3n) is 3.55. The fraction of sp³-hybridized carbons (Fsp3) is 0.158. The Balaban J connectivity index is 1.94. The zero-order chi connectivity index (χ0) is 18.2. The molecule has 0 fully saturated rings. The lowest BCUT2D eigenvalue weighted by Gasteiger charge is -2.18. The van der Waals surface area contributed by atoms with E-state index >= 15 is 0 Å². The second kappa shape index (κ2) is 8.54. The van der Waals surface area contributed by atoms with Crippen LogP contribution in [0.15, 0.2) is 61.2 Å². The first-order valence-corrected chi connectivity index (χ1v) is 7.79. The van der Waals surface area contributed by atoms with Crippen LogP contribution < -0.4 is 10.6 Å². The van der Waals surface area contributed by atoms with Gasteiger partial charge >= 0.3 is 6.03 Å². The number of para-hydroxylation sites is 1. The molecular weight excluding hydrogens is 318 g/mol. The molecule has 6 heteroatoms. The number of phenolic OH excluding ortho intramolecular Hbond substituents is 1. The number of benzene rings is 2. The second-order valence-electron chi connectivity index (χ2n) is 5.49. The van der Waals surface area contributed by atoms with Gasteiger partial charge in [-0.2, -0.15) is 0 Å². The summed E-state index contributed by atoms with van der Waals surface area (Å²) in [4.78, 5) is 25.5. The largest absolute Gasteiger partial charge is 0.508 e. The minimum Gasteiger partial charge on any atom is -0.508 e. The van der Waals surface area contributed by atoms with Gasteiger partial charge < -0.3 is 20.6 Å². The molecule has 6 nitrogen and oxygen atoms in total. The summed E-state index contributed by atoms with van der Waals surface area (Å²) in [5.74, 6) is -0.0495. The van der Waals surface area contributed by atoms with Gasteiger partial charge in [0.05, 0.1) is 6.54 Å². The average molecular weight is 339 g/mol. The smallest absolute Gasteiger partial charge is 0.321 e. The summed E-state index contributed by atoms with van der Waals surface area (Å²) in [6.07, 6.45) is 1.60. The molecule has 0 bridgehead atoms. The summed E-state index contributed by atoms with van der Waals surface area (Å²) in [5.41, 5.74) is 1.74. The molecule has 0 aliphatic rings. The Morgan fingerprint density at radius 1 is 1.16 bits per heavy atom. The summed E-state index contributed by atoms with van der Waals surface area (Å²) in [6, 6.07) is 13.2. The second-order valence-corrected chi connectivity index (χ2v) is 5.49. The molecule has 0 heterocycles. The molecule has 2 aromatic carbocycles. The monoisotopic (exact) mass is 339 g/mol. The van der Waals surface area contributed by atoms with Crippen LogP contribution >= 0.6 is 0 Å². The Bertz CT molecular complexity index is 757. The van der Waals surface area contributed by atoms with Gasteiger partial charge in [-0.1, -0.05) is 24.3 Å². The van der Waals surface area contributed by atoms with Gasteiger partial charge in [0.15, 0.2) is 0 Å². The van der Waals surface area contributed by atoms with Crippen molar-refractivity contribution in [1.82, 2.24) is 10.2 Å². The van der Waals surface area contributed by atoms with Crippen LogP contribution in [0.2, 0.25) is 0 Å². The summed E-state index contributed by atoms with van der Waals surface area (Å²) in [7, 11) is 1.64. The maximum Gasteiger partial charge on any atom is 0.321 e. The van der Waals surface area contributed by atoms with Crippen molar-refractivity contribution in [1.29, 1.82) is 0 Å². The number of rotatable bonds is 6. The molecule has 2 rings (SSSR count). The van der Waals surface area contributed by atoms with E-state index in [0.717, 1.165) is 0 Å². The lowest BCUT2D eigenvalue weighted by atomic mass is 10.2. The highest BCUT2D eigenvalue weighted by atomic mass is 16.3. The van der Waals surface area contributed by atoms with Gasteiger partial charge in [-0.25, -0.2) is 4.79 Å². The molecule has 0 unspecified atom stereocenters. The van der Waals surface area contributed by atoms with Gasteiger partial charge in [0.25, 0.3) is 5.91 Å². The molecular formula is C19H21N3O3. The van der Waals surface area contributed by atoms with E-state index < -0.39 is 0 Å². The van der Waals surface area contributed by atoms with Crippen LogP contribution in [0.3, 0.4) is 0 Å². The van der Waals surface area contributed by atoms with Gasteiger partial charge in [-0.05, 0) is 30.3 Å². The average Bonchev–Trinajstić information content (AvgIpc) is 2.62. The first kappa shape index (κ1) is 18.1. The number of hydrogen-bond acceptors (Lipinski definition) is 3. The Hall–Kier alpha value is -3.28. The van der Waals surface area contributed by atoms with Crippen molar-refractivity contribution in [3.63, 3.8) is 0 Å². The van der Waals surface area contributed by atoms with Gasteiger partial charge in [0.1, 0.15) is 5.75 Å². The first-order chi connectivity index (χ1) is 12.0. The third kappa shape index (κ3) is 5.10. The quantitative estimate of drug-likeness (QED) is 0.708. The normalized spacial score (nSPS) is 9.96. The molecule has 0 aliphatic heterocycles. The number of urea groups is 1. The van der Waals surface area contributed by atoms with Crippen molar-refractivity contribution in [3.8, 4) is 5.75 Å². The number of nitrogens with zero attached hydrogens (tertiary/aromatic N) is 1. The van der Waals surface area contributed by atoms with Gasteiger partial charge in [0, 0.05) is 30.4 Å². The van der Waals surface area contributed by atoms with Crippen molar-refractivity contribution in [2.24, 2.45) is 0 Å². The predicted octanol–water partition coefficient (Wildman–Crippen LogP) is 2.97. The molecule has 0 spiro atoms. The van der Waals surface area contributed by atoms with Crippen molar-refractivity contribution in [2.75, 3.05) is 18.9 Å². The highest BCUT2D eigenvalue weighted by Gasteiger charge is 2.12. The standard InChI is InChI=1S/C19H21N3O3/c1-3-12-20-18(24)14-8-10-16(11-9-14)21-19(25)22(2)13-15-6-4-5-7-17(15)23/h3-11,23H,1,12-13H2,2H3,(H,20,24)(H,21,25). The summed E-state index contributed by atoms with van der Waals surface area (Å²) < 4.78 is 0. The molecule has 3 amide bonds. The summed E-state index contributed by atoms with van der Waals surface area (Å²) >= 11 is 0. The van der Waals surface area contributed by atoms with E-state index in [0.29, 0.717) is 23.4 Å². The maximum absolute atomic E-state index is 12.2. The molecule has 2 aromatic rings. The Kier molecular flexibility index (Phi) is 6.17. The number of phenols is 1. The lowest BCUT2D eigenvalue weighted by molar-refractivity contribution is 0.0958. The van der Waals surface area contributed by atoms with E-state index in [4.69, 9.17) is 0 Å². The van der Waals surface area contributed by atoms with E-state index in [1.54, 1.807) is 61.7 Å². The molecule has 0 saturated heterocycles. The zero-order valence-corrected chi connectivity index (χ0v) is 14.0. The number of amides is 3. The van der Waals surface area contributed by atoms with Gasteiger partial charge in [-0.3, -0.25) is 4.79 Å². The van der Waals surface area contributed by atoms with Crippen molar-refractivity contribution in [2.45, 2.75) is 6.54 Å². The zero-order valence-electron chi connectivity index (χ0n) is 14.0. The molecule has 0 saturated carbocycles. The van der Waals surface area contributed by atoms with Crippen molar-refractivity contribution < 1.29 is 14.7 Å². The van der Waals surface area contributed by atoms with E-state index in [2.05, 4.69) is 17.2 Å². The van der Waals surface area contributed by atoms with Crippen LogP contribution in [0, 0.1) is 0 Å². The summed E-state index contributed by atoms with van der Waals surface area (Å²) in [5, 5.41) is 15.2. The van der Waals surface area contributed by atoms with Crippen LogP contribution in [0.5, 0.6) is 5.75 Å². The fourth-order valence-electron chi connectivity index (χ4n) is 2.16. The molecule has 25 heavy (non-hydrogen) atoms. The molecule has 0 atom stereocenters. The van der Waals surface area contributed by atoms with Crippen molar-refractivity contribution in [3.05, 3.63) is 72.3 Å². The predicted molar refractivity (Wildman–Crippen MR) is 97.6 cm³/mol. The number of aromatic hydroxyl groups is 1. The summed E-state index contributed by atoms with van der Waals surface area (Å²) in [6.45, 7) is 4.22. The first-order valence-electron chi connectivity index (χ1n) is 7.79. The number of carbonyl (C=O) groups is 2. The number of carbonyl (C=O) groups excluding carboxylic acids is 2. The van der Waals surface area contributed by atoms with Crippen LogP contribution in [0.25, 0.3) is 0 Å². The maximum atomic E-state index is 12.2. The van der Waals surface area contributed by atoms with Crippen LogP contribution in [-0.4, -0.2) is 35.5 Å². The Morgan fingerprint density at radius 3 is 2.48 bits per heavy atom. The van der Waals surface area contributed by atoms with E-state index in [-0.39, 0.29) is 24.2 Å². The van der Waals surface area contributed by atoms with Gasteiger partial charge in [0.2, 0.25) is 0 Å². The number of nitrogens with one attached hydrogen (secondary N) is 2.